The molecule has 0 radical (unpaired) electrons. The third-order valence-corrected chi connectivity index (χ3v) is 2.12. The van der Waals surface area contributed by atoms with Gasteiger partial charge in [-0.05, 0) is 23.6 Å². The average molecular weight is 174 g/mol. The lowest BCUT2D eigenvalue weighted by Gasteiger charge is -2.15. The van der Waals surface area contributed by atoms with Crippen LogP contribution in [0.5, 0.6) is 0 Å². The summed E-state index contributed by atoms with van der Waals surface area (Å²) in [5.74, 6) is 0.397. The minimum absolute atomic E-state index is 0.0216. The van der Waals surface area contributed by atoms with Crippen molar-refractivity contribution in [3.63, 3.8) is 0 Å². The van der Waals surface area contributed by atoms with Crippen molar-refractivity contribution in [2.24, 2.45) is 11.7 Å². The molecule has 68 valence electrons. The highest BCUT2D eigenvalue weighted by Crippen LogP contribution is 2.19. The number of nitrogens with two attached hydrogens (primary N) is 1. The van der Waals surface area contributed by atoms with Crippen molar-refractivity contribution >= 4 is 0 Å². The predicted octanol–water partition coefficient (Wildman–Crippen LogP) is 2.21. The first-order chi connectivity index (χ1) is 6.15. The van der Waals surface area contributed by atoms with Gasteiger partial charge in [-0.1, -0.05) is 26.0 Å². The molecular weight excluding hydrogens is 160 g/mol. The molecule has 0 unspecified atom stereocenters. The molecule has 1 aromatic rings. The maximum atomic E-state index is 8.69. The molecule has 0 bridgehead atoms. The smallest absolute Gasteiger partial charge is 0.0991 e. The maximum Gasteiger partial charge on any atom is 0.0991 e. The Morgan fingerprint density at radius 3 is 2.62 bits per heavy atom. The molecule has 1 rings (SSSR count). The highest BCUT2D eigenvalue weighted by atomic mass is 14.6. The standard InChI is InChI=1S/C11H14N2/c1-8(2)11(13)10-5-3-4-9(6-10)7-12/h3-6,8,11H,13H2,1-2H3/t11-/m0/s1. The van der Waals surface area contributed by atoms with E-state index in [4.69, 9.17) is 11.0 Å². The lowest BCUT2D eigenvalue weighted by atomic mass is 9.96. The minimum Gasteiger partial charge on any atom is -0.324 e. The second-order valence-corrected chi connectivity index (χ2v) is 3.51. The molecule has 13 heavy (non-hydrogen) atoms. The largest absolute Gasteiger partial charge is 0.324 e. The first-order valence-corrected chi connectivity index (χ1v) is 4.41. The van der Waals surface area contributed by atoms with E-state index in [1.54, 1.807) is 6.07 Å². The van der Waals surface area contributed by atoms with Crippen LogP contribution in [0.1, 0.15) is 31.0 Å². The molecule has 0 saturated heterocycles. The SMILES string of the molecule is CC(C)[C@H](N)c1cccc(C#N)c1. The molecule has 1 aromatic carbocycles. The molecule has 0 spiro atoms. The molecule has 2 N–H and O–H groups in total. The Morgan fingerprint density at radius 2 is 2.08 bits per heavy atom. The van der Waals surface area contributed by atoms with Crippen LogP contribution in [0, 0.1) is 17.2 Å². The second kappa shape index (κ2) is 4.06. The number of nitrogens with zero attached hydrogens (tertiary/aromatic N) is 1. The summed E-state index contributed by atoms with van der Waals surface area (Å²) in [7, 11) is 0. The normalized spacial score (nSPS) is 12.5. The van der Waals surface area contributed by atoms with E-state index >= 15 is 0 Å². The molecule has 0 heterocycles. The predicted molar refractivity (Wildman–Crippen MR) is 52.9 cm³/mol. The Morgan fingerprint density at radius 1 is 1.38 bits per heavy atom. The molecular formula is C11H14N2. The van der Waals surface area contributed by atoms with Crippen LogP contribution < -0.4 is 5.73 Å². The van der Waals surface area contributed by atoms with Gasteiger partial charge < -0.3 is 5.73 Å². The van der Waals surface area contributed by atoms with Gasteiger partial charge in [-0.3, -0.25) is 0 Å². The van der Waals surface area contributed by atoms with Crippen molar-refractivity contribution < 1.29 is 0 Å². The van der Waals surface area contributed by atoms with E-state index in [9.17, 15) is 0 Å². The summed E-state index contributed by atoms with van der Waals surface area (Å²) in [6.45, 7) is 4.15. The minimum atomic E-state index is 0.0216. The van der Waals surface area contributed by atoms with Crippen LogP contribution in [-0.2, 0) is 0 Å². The molecule has 0 fully saturated rings. The van der Waals surface area contributed by atoms with E-state index < -0.39 is 0 Å². The van der Waals surface area contributed by atoms with E-state index in [0.29, 0.717) is 11.5 Å². The van der Waals surface area contributed by atoms with Crippen molar-refractivity contribution in [3.05, 3.63) is 35.4 Å². The van der Waals surface area contributed by atoms with Gasteiger partial charge in [-0.25, -0.2) is 0 Å². The first kappa shape index (κ1) is 9.76. The highest BCUT2D eigenvalue weighted by molar-refractivity contribution is 5.34. The zero-order valence-electron chi connectivity index (χ0n) is 7.99. The van der Waals surface area contributed by atoms with Gasteiger partial charge in [0.15, 0.2) is 0 Å². The summed E-state index contributed by atoms with van der Waals surface area (Å²) < 4.78 is 0. The van der Waals surface area contributed by atoms with Crippen molar-refractivity contribution in [1.82, 2.24) is 0 Å². The topological polar surface area (TPSA) is 49.8 Å². The number of hydrogen-bond donors (Lipinski definition) is 1. The van der Waals surface area contributed by atoms with E-state index in [-0.39, 0.29) is 6.04 Å². The summed E-state index contributed by atoms with van der Waals surface area (Å²) in [6, 6.07) is 9.60. The monoisotopic (exact) mass is 174 g/mol. The molecule has 0 aliphatic rings. The van der Waals surface area contributed by atoms with Crippen LogP contribution in [-0.4, -0.2) is 0 Å². The number of hydrogen-bond acceptors (Lipinski definition) is 2. The molecule has 1 atom stereocenters. The van der Waals surface area contributed by atoms with Crippen molar-refractivity contribution in [2.45, 2.75) is 19.9 Å². The summed E-state index contributed by atoms with van der Waals surface area (Å²) in [4.78, 5) is 0. The molecule has 0 amide bonds. The van der Waals surface area contributed by atoms with Crippen LogP contribution in [0.15, 0.2) is 24.3 Å². The van der Waals surface area contributed by atoms with Gasteiger partial charge in [0.05, 0.1) is 11.6 Å². The van der Waals surface area contributed by atoms with Gasteiger partial charge in [0.2, 0.25) is 0 Å². The number of rotatable bonds is 2. The molecule has 0 aliphatic heterocycles. The Labute approximate surface area is 79.0 Å². The van der Waals surface area contributed by atoms with Gasteiger partial charge in [0.25, 0.3) is 0 Å². The van der Waals surface area contributed by atoms with Crippen LogP contribution in [0.2, 0.25) is 0 Å². The lowest BCUT2D eigenvalue weighted by molar-refractivity contribution is 0.514. The fourth-order valence-electron chi connectivity index (χ4n) is 1.20. The van der Waals surface area contributed by atoms with Gasteiger partial charge in [-0.15, -0.1) is 0 Å². The summed E-state index contributed by atoms with van der Waals surface area (Å²) >= 11 is 0. The molecule has 0 aromatic heterocycles. The van der Waals surface area contributed by atoms with E-state index in [2.05, 4.69) is 19.9 Å². The third kappa shape index (κ3) is 2.30. The van der Waals surface area contributed by atoms with Gasteiger partial charge >= 0.3 is 0 Å². The lowest BCUT2D eigenvalue weighted by Crippen LogP contribution is -2.16. The number of nitriles is 1. The van der Waals surface area contributed by atoms with Gasteiger partial charge in [0, 0.05) is 6.04 Å². The fourth-order valence-corrected chi connectivity index (χ4v) is 1.20. The molecule has 0 aliphatic carbocycles. The van der Waals surface area contributed by atoms with Crippen molar-refractivity contribution in [1.29, 1.82) is 5.26 Å². The second-order valence-electron chi connectivity index (χ2n) is 3.51. The first-order valence-electron chi connectivity index (χ1n) is 4.41. The average Bonchev–Trinajstić information content (AvgIpc) is 2.16. The molecule has 2 heteroatoms. The zero-order valence-corrected chi connectivity index (χ0v) is 7.99. The summed E-state index contributed by atoms with van der Waals surface area (Å²) in [5, 5.41) is 8.69. The Hall–Kier alpha value is -1.33. The van der Waals surface area contributed by atoms with Gasteiger partial charge in [-0.2, -0.15) is 5.26 Å². The fraction of sp³-hybridized carbons (Fsp3) is 0.364. The quantitative estimate of drug-likeness (QED) is 0.747. The van der Waals surface area contributed by atoms with Crippen molar-refractivity contribution in [3.8, 4) is 6.07 Å². The van der Waals surface area contributed by atoms with Gasteiger partial charge in [0.1, 0.15) is 0 Å². The van der Waals surface area contributed by atoms with E-state index in [1.165, 1.54) is 0 Å². The third-order valence-electron chi connectivity index (χ3n) is 2.12. The Balaban J connectivity index is 2.96. The van der Waals surface area contributed by atoms with Crippen LogP contribution in [0.25, 0.3) is 0 Å². The van der Waals surface area contributed by atoms with Crippen LogP contribution >= 0.6 is 0 Å². The molecule has 0 saturated carbocycles. The highest BCUT2D eigenvalue weighted by Gasteiger charge is 2.09. The van der Waals surface area contributed by atoms with Crippen molar-refractivity contribution in [2.75, 3.05) is 0 Å². The number of benzene rings is 1. The van der Waals surface area contributed by atoms with E-state index in [1.807, 2.05) is 18.2 Å². The Bertz CT molecular complexity index is 323. The molecule has 2 nitrogen and oxygen atoms in total. The van der Waals surface area contributed by atoms with Crippen LogP contribution in [0.3, 0.4) is 0 Å². The summed E-state index contributed by atoms with van der Waals surface area (Å²) in [5.41, 5.74) is 7.66. The maximum absolute atomic E-state index is 8.69. The van der Waals surface area contributed by atoms with E-state index in [0.717, 1.165) is 5.56 Å². The van der Waals surface area contributed by atoms with Crippen LogP contribution in [0.4, 0.5) is 0 Å². The summed E-state index contributed by atoms with van der Waals surface area (Å²) in [6.07, 6.45) is 0. The zero-order chi connectivity index (χ0) is 9.84. The Kier molecular flexibility index (Phi) is 3.05.